The van der Waals surface area contributed by atoms with Crippen molar-refractivity contribution in [3.05, 3.63) is 82.3 Å². The van der Waals surface area contributed by atoms with Crippen molar-refractivity contribution in [1.82, 2.24) is 0 Å². The summed E-state index contributed by atoms with van der Waals surface area (Å²) in [5.41, 5.74) is 1.02. The Labute approximate surface area is 232 Å². The lowest BCUT2D eigenvalue weighted by atomic mass is 10.1. The van der Waals surface area contributed by atoms with E-state index in [-0.39, 0.29) is 11.5 Å². The highest BCUT2D eigenvalue weighted by Crippen LogP contribution is 2.26. The summed E-state index contributed by atoms with van der Waals surface area (Å²) in [5, 5.41) is 6.09. The van der Waals surface area contributed by atoms with Crippen LogP contribution in [0.4, 0.5) is 11.4 Å². The molecule has 7 nitrogen and oxygen atoms in total. The topological polar surface area (TPSA) is 93.7 Å². The molecule has 2 N–H and O–H groups in total. The van der Waals surface area contributed by atoms with Crippen molar-refractivity contribution >= 4 is 52.2 Å². The van der Waals surface area contributed by atoms with Gasteiger partial charge in [0.1, 0.15) is 11.5 Å². The summed E-state index contributed by atoms with van der Waals surface area (Å²) in [6.07, 6.45) is 1.33. The maximum atomic E-state index is 12.9. The first-order chi connectivity index (χ1) is 18.3. The average molecular weight is 557 g/mol. The van der Waals surface area contributed by atoms with Crippen LogP contribution in [0, 0.1) is 0 Å². The Morgan fingerprint density at radius 1 is 0.895 bits per heavy atom. The summed E-state index contributed by atoms with van der Waals surface area (Å²) in [7, 11) is 0. The summed E-state index contributed by atoms with van der Waals surface area (Å²) in [6.45, 7) is 4.60. The minimum atomic E-state index is -0.741. The molecule has 0 saturated heterocycles. The molecule has 2 amide bonds. The molecule has 1 atom stereocenters. The van der Waals surface area contributed by atoms with Gasteiger partial charge in [0.15, 0.2) is 11.9 Å². The minimum absolute atomic E-state index is 0.280. The number of halogens is 2. The molecule has 0 bridgehead atoms. The van der Waals surface area contributed by atoms with Gasteiger partial charge in [0.2, 0.25) is 5.91 Å². The fourth-order valence-corrected chi connectivity index (χ4v) is 3.80. The third-order valence-electron chi connectivity index (χ3n) is 5.51. The fourth-order valence-electron chi connectivity index (χ4n) is 3.46. The van der Waals surface area contributed by atoms with Crippen LogP contribution in [0.15, 0.2) is 66.7 Å². The Morgan fingerprint density at radius 2 is 1.63 bits per heavy atom. The molecule has 0 radical (unpaired) electrons. The Morgan fingerprint density at radius 3 is 2.34 bits per heavy atom. The van der Waals surface area contributed by atoms with E-state index < -0.39 is 24.2 Å². The van der Waals surface area contributed by atoms with Crippen LogP contribution < -0.4 is 20.1 Å². The summed E-state index contributed by atoms with van der Waals surface area (Å²) >= 11 is 12.0. The highest BCUT2D eigenvalue weighted by Gasteiger charge is 2.20. The number of unbranched alkanes of at least 4 members (excludes halogenated alkanes) is 1. The molecule has 200 valence electrons. The van der Waals surface area contributed by atoms with Crippen LogP contribution in [-0.4, -0.2) is 30.3 Å². The molecule has 0 heterocycles. The molecule has 38 heavy (non-hydrogen) atoms. The van der Waals surface area contributed by atoms with Gasteiger partial charge in [-0.2, -0.15) is 0 Å². The van der Waals surface area contributed by atoms with Crippen LogP contribution in [0.25, 0.3) is 0 Å². The number of hydrogen-bond donors (Lipinski definition) is 2. The van der Waals surface area contributed by atoms with Gasteiger partial charge >= 0.3 is 0 Å². The average Bonchev–Trinajstić information content (AvgIpc) is 2.90. The van der Waals surface area contributed by atoms with E-state index in [0.717, 1.165) is 18.6 Å². The molecular formula is C29H30Cl2N2O5. The van der Waals surface area contributed by atoms with E-state index in [0.29, 0.717) is 40.2 Å². The molecule has 0 saturated carbocycles. The second-order valence-corrected chi connectivity index (χ2v) is 9.37. The van der Waals surface area contributed by atoms with Crippen LogP contribution in [0.3, 0.4) is 0 Å². The number of carbonyl (C=O) groups is 3. The first-order valence-corrected chi connectivity index (χ1v) is 13.1. The third kappa shape index (κ3) is 8.78. The number of rotatable bonds is 13. The quantitative estimate of drug-likeness (QED) is 0.132. The van der Waals surface area contributed by atoms with Crippen molar-refractivity contribution in [2.24, 2.45) is 0 Å². The van der Waals surface area contributed by atoms with Crippen LogP contribution in [-0.2, 0) is 9.59 Å². The first kappa shape index (κ1) is 29.0. The number of amides is 2. The molecule has 3 rings (SSSR count). The lowest BCUT2D eigenvalue weighted by Crippen LogP contribution is -2.32. The molecule has 0 unspecified atom stereocenters. The van der Waals surface area contributed by atoms with Gasteiger partial charge in [0.05, 0.1) is 23.7 Å². The standard InChI is InChI=1S/C29H30Cl2N2O5/c1-3-5-15-37-22-10-12-23(13-11-22)38-27(4-2)29(36)32-21-8-6-7-19(16-21)26(34)18-28(35)33-25-17-20(30)9-14-24(25)31/h6-14,16-17,27H,3-5,15,18H2,1-2H3,(H,32,36)(H,33,35)/t27-/m1/s1. The van der Waals surface area contributed by atoms with E-state index in [4.69, 9.17) is 32.7 Å². The van der Waals surface area contributed by atoms with Crippen molar-refractivity contribution in [2.75, 3.05) is 17.2 Å². The highest BCUT2D eigenvalue weighted by atomic mass is 35.5. The second kappa shape index (κ2) is 14.4. The summed E-state index contributed by atoms with van der Waals surface area (Å²) in [4.78, 5) is 38.0. The smallest absolute Gasteiger partial charge is 0.265 e. The van der Waals surface area contributed by atoms with E-state index in [2.05, 4.69) is 17.6 Å². The molecule has 3 aromatic carbocycles. The van der Waals surface area contributed by atoms with Gasteiger partial charge in [-0.15, -0.1) is 0 Å². The largest absolute Gasteiger partial charge is 0.494 e. The van der Waals surface area contributed by atoms with E-state index in [1.165, 1.54) is 12.1 Å². The van der Waals surface area contributed by atoms with Gasteiger partial charge in [0, 0.05) is 16.3 Å². The Kier molecular flexibility index (Phi) is 11.0. The predicted molar refractivity (Wildman–Crippen MR) is 151 cm³/mol. The maximum Gasteiger partial charge on any atom is 0.265 e. The molecule has 0 aliphatic heterocycles. The Hall–Kier alpha value is -3.55. The number of ketones is 1. The summed E-state index contributed by atoms with van der Waals surface area (Å²) in [5.74, 6) is -0.0106. The SMILES string of the molecule is CCCCOc1ccc(O[C@H](CC)C(=O)Nc2cccc(C(=O)CC(=O)Nc3cc(Cl)ccc3Cl)c2)cc1. The lowest BCUT2D eigenvalue weighted by Gasteiger charge is -2.18. The summed E-state index contributed by atoms with van der Waals surface area (Å²) in [6, 6.07) is 18.2. The lowest BCUT2D eigenvalue weighted by molar-refractivity contribution is -0.122. The zero-order valence-corrected chi connectivity index (χ0v) is 22.8. The van der Waals surface area contributed by atoms with E-state index in [1.54, 1.807) is 54.6 Å². The van der Waals surface area contributed by atoms with Crippen molar-refractivity contribution in [3.63, 3.8) is 0 Å². The van der Waals surface area contributed by atoms with Gasteiger partial charge < -0.3 is 20.1 Å². The first-order valence-electron chi connectivity index (χ1n) is 12.4. The molecule has 0 aliphatic carbocycles. The number of anilines is 2. The van der Waals surface area contributed by atoms with Crippen molar-refractivity contribution in [3.8, 4) is 11.5 Å². The molecule has 0 aromatic heterocycles. The molecule has 9 heteroatoms. The summed E-state index contributed by atoms with van der Waals surface area (Å²) < 4.78 is 11.5. The number of nitrogens with one attached hydrogen (secondary N) is 2. The molecule has 0 fully saturated rings. The number of carbonyl (C=O) groups excluding carboxylic acids is 3. The number of Topliss-reactive ketones (excluding diaryl/α,β-unsaturated/α-hetero) is 1. The second-order valence-electron chi connectivity index (χ2n) is 8.53. The molecule has 0 aliphatic rings. The van der Waals surface area contributed by atoms with Crippen LogP contribution >= 0.6 is 23.2 Å². The molecular weight excluding hydrogens is 527 g/mol. The normalized spacial score (nSPS) is 11.4. The number of benzene rings is 3. The molecule has 3 aromatic rings. The van der Waals surface area contributed by atoms with E-state index in [9.17, 15) is 14.4 Å². The highest BCUT2D eigenvalue weighted by molar-refractivity contribution is 6.35. The van der Waals surface area contributed by atoms with Crippen LogP contribution in [0.5, 0.6) is 11.5 Å². The van der Waals surface area contributed by atoms with Gasteiger partial charge in [-0.25, -0.2) is 0 Å². The van der Waals surface area contributed by atoms with Gasteiger partial charge in [0.25, 0.3) is 5.91 Å². The van der Waals surface area contributed by atoms with E-state index >= 15 is 0 Å². The zero-order valence-electron chi connectivity index (χ0n) is 21.3. The predicted octanol–water partition coefficient (Wildman–Crippen LogP) is 7.18. The molecule has 0 spiro atoms. The van der Waals surface area contributed by atoms with Crippen molar-refractivity contribution in [1.29, 1.82) is 0 Å². The minimum Gasteiger partial charge on any atom is -0.494 e. The number of hydrogen-bond acceptors (Lipinski definition) is 5. The van der Waals surface area contributed by atoms with Gasteiger partial charge in [-0.3, -0.25) is 14.4 Å². The zero-order chi connectivity index (χ0) is 27.5. The van der Waals surface area contributed by atoms with Crippen molar-refractivity contribution < 1.29 is 23.9 Å². The maximum absolute atomic E-state index is 12.9. The monoisotopic (exact) mass is 556 g/mol. The number of ether oxygens (including phenoxy) is 2. The van der Waals surface area contributed by atoms with Crippen molar-refractivity contribution in [2.45, 2.75) is 45.6 Å². The fraction of sp³-hybridized carbons (Fsp3) is 0.276. The van der Waals surface area contributed by atoms with Gasteiger partial charge in [-0.1, -0.05) is 55.6 Å². The van der Waals surface area contributed by atoms with Crippen LogP contribution in [0.2, 0.25) is 10.0 Å². The van der Waals surface area contributed by atoms with Gasteiger partial charge in [-0.05, 0) is 67.4 Å². The Bertz CT molecular complexity index is 1260. The Balaban J connectivity index is 1.57. The third-order valence-corrected chi connectivity index (χ3v) is 6.07. The van der Waals surface area contributed by atoms with Crippen LogP contribution in [0.1, 0.15) is 49.9 Å². The van der Waals surface area contributed by atoms with E-state index in [1.807, 2.05) is 6.92 Å².